The maximum Gasteiger partial charge on any atom is 0.0812 e. The third-order valence-electron chi connectivity index (χ3n) is 2.35. The van der Waals surface area contributed by atoms with Crippen molar-refractivity contribution in [2.45, 2.75) is 24.5 Å². The lowest BCUT2D eigenvalue weighted by molar-refractivity contribution is 0.931. The number of hydrogen-bond acceptors (Lipinski definition) is 3. The molecule has 0 amide bonds. The summed E-state index contributed by atoms with van der Waals surface area (Å²) in [6, 6.07) is 12.0. The summed E-state index contributed by atoms with van der Waals surface area (Å²) in [6.45, 7) is 0. The standard InChI is InChI=1S/C12H6BrFS3/c13-7-1-3-9-11(5-7)16-12-6-8(17-14)2-4-10(12)15-9/h1-6H. The Hall–Kier alpha value is -0.100. The molecule has 0 fully saturated rings. The molecular weight excluding hydrogens is 339 g/mol. The van der Waals surface area contributed by atoms with Gasteiger partial charge in [-0.3, -0.25) is 0 Å². The second-order valence-corrected chi connectivity index (χ2v) is 7.19. The van der Waals surface area contributed by atoms with E-state index in [-0.39, 0.29) is 0 Å². The van der Waals surface area contributed by atoms with Gasteiger partial charge >= 0.3 is 0 Å². The van der Waals surface area contributed by atoms with Crippen LogP contribution in [0.25, 0.3) is 0 Å². The third kappa shape index (κ3) is 2.38. The lowest BCUT2D eigenvalue weighted by Crippen LogP contribution is -1.89. The highest BCUT2D eigenvalue weighted by atomic mass is 79.9. The summed E-state index contributed by atoms with van der Waals surface area (Å²) in [5.41, 5.74) is 0. The number of halogens is 2. The van der Waals surface area contributed by atoms with Crippen LogP contribution < -0.4 is 0 Å². The Bertz CT molecular complexity index is 586. The molecule has 1 aliphatic rings. The van der Waals surface area contributed by atoms with Crippen LogP contribution in [0.4, 0.5) is 3.89 Å². The van der Waals surface area contributed by atoms with Gasteiger partial charge in [-0.15, -0.1) is 0 Å². The predicted molar refractivity (Wildman–Crippen MR) is 75.8 cm³/mol. The first-order valence-corrected chi connectivity index (χ1v) is 7.98. The molecule has 1 heterocycles. The van der Waals surface area contributed by atoms with Gasteiger partial charge in [-0.2, -0.15) is 3.89 Å². The quantitative estimate of drug-likeness (QED) is 0.528. The van der Waals surface area contributed by atoms with Gasteiger partial charge in [-0.05, 0) is 36.4 Å². The Morgan fingerprint density at radius 1 is 0.882 bits per heavy atom. The molecule has 0 aliphatic carbocycles. The van der Waals surface area contributed by atoms with E-state index in [0.717, 1.165) is 9.37 Å². The van der Waals surface area contributed by atoms with Gasteiger partial charge in [0.25, 0.3) is 0 Å². The Kier molecular flexibility index (Phi) is 3.43. The predicted octanol–water partition coefficient (Wildman–Crippen LogP) is 6.04. The maximum absolute atomic E-state index is 12.5. The van der Waals surface area contributed by atoms with Crippen molar-refractivity contribution in [1.29, 1.82) is 0 Å². The molecule has 0 unspecified atom stereocenters. The first-order chi connectivity index (χ1) is 8.26. The zero-order valence-corrected chi connectivity index (χ0v) is 12.5. The van der Waals surface area contributed by atoms with Crippen molar-refractivity contribution in [3.8, 4) is 0 Å². The summed E-state index contributed by atoms with van der Waals surface area (Å²) in [6.07, 6.45) is 0. The minimum absolute atomic E-state index is 0.294. The average Bonchev–Trinajstić information content (AvgIpc) is 2.35. The van der Waals surface area contributed by atoms with E-state index in [4.69, 9.17) is 0 Å². The number of hydrogen-bond donors (Lipinski definition) is 0. The Morgan fingerprint density at radius 2 is 1.53 bits per heavy atom. The monoisotopic (exact) mass is 344 g/mol. The van der Waals surface area contributed by atoms with Gasteiger partial charge in [0.1, 0.15) is 0 Å². The summed E-state index contributed by atoms with van der Waals surface area (Å²) in [5, 5.41) is 0. The molecule has 0 aromatic heterocycles. The molecule has 86 valence electrons. The largest absolute Gasteiger partial charge is 0.160 e. The highest BCUT2D eigenvalue weighted by molar-refractivity contribution is 9.10. The number of fused-ring (bicyclic) bond motifs is 2. The van der Waals surface area contributed by atoms with Crippen molar-refractivity contribution < 1.29 is 3.89 Å². The van der Waals surface area contributed by atoms with Crippen molar-refractivity contribution >= 4 is 51.6 Å². The second kappa shape index (κ2) is 4.88. The van der Waals surface area contributed by atoms with Gasteiger partial charge in [0.05, 0.1) is 12.1 Å². The minimum atomic E-state index is 0.294. The van der Waals surface area contributed by atoms with Crippen LogP contribution in [0.3, 0.4) is 0 Å². The fraction of sp³-hybridized carbons (Fsp3) is 0. The van der Waals surface area contributed by atoms with Crippen LogP contribution in [0, 0.1) is 0 Å². The number of rotatable bonds is 1. The van der Waals surface area contributed by atoms with Gasteiger partial charge in [0, 0.05) is 29.0 Å². The Labute approximate surface area is 120 Å². The third-order valence-corrected chi connectivity index (χ3v) is 5.80. The van der Waals surface area contributed by atoms with Crippen molar-refractivity contribution in [1.82, 2.24) is 0 Å². The molecule has 0 spiro atoms. The molecule has 2 aromatic rings. The highest BCUT2D eigenvalue weighted by Crippen LogP contribution is 2.49. The van der Waals surface area contributed by atoms with E-state index in [9.17, 15) is 3.89 Å². The molecular formula is C12H6BrFS3. The lowest BCUT2D eigenvalue weighted by atomic mass is 10.3. The topological polar surface area (TPSA) is 0 Å². The zero-order chi connectivity index (χ0) is 11.8. The zero-order valence-electron chi connectivity index (χ0n) is 8.44. The summed E-state index contributed by atoms with van der Waals surface area (Å²) in [4.78, 5) is 5.46. The summed E-state index contributed by atoms with van der Waals surface area (Å²) in [7, 11) is 0. The van der Waals surface area contributed by atoms with Crippen molar-refractivity contribution in [2.75, 3.05) is 0 Å². The molecule has 0 saturated carbocycles. The van der Waals surface area contributed by atoms with E-state index in [0.29, 0.717) is 17.0 Å². The first kappa shape index (κ1) is 12.0. The van der Waals surface area contributed by atoms with E-state index < -0.39 is 0 Å². The summed E-state index contributed by atoms with van der Waals surface area (Å²) >= 11 is 7.20. The summed E-state index contributed by atoms with van der Waals surface area (Å²) < 4.78 is 13.6. The molecule has 0 N–H and O–H groups in total. The van der Waals surface area contributed by atoms with Crippen LogP contribution in [-0.4, -0.2) is 0 Å². The minimum Gasteiger partial charge on any atom is -0.160 e. The first-order valence-electron chi connectivity index (χ1n) is 4.84. The highest BCUT2D eigenvalue weighted by Gasteiger charge is 2.17. The molecule has 1 aliphatic heterocycles. The van der Waals surface area contributed by atoms with Crippen molar-refractivity contribution in [3.05, 3.63) is 40.9 Å². The molecule has 0 bridgehead atoms. The van der Waals surface area contributed by atoms with Gasteiger partial charge in [0.15, 0.2) is 0 Å². The van der Waals surface area contributed by atoms with Gasteiger partial charge in [0.2, 0.25) is 0 Å². The lowest BCUT2D eigenvalue weighted by Gasteiger charge is -2.18. The van der Waals surface area contributed by atoms with Crippen molar-refractivity contribution in [2.24, 2.45) is 0 Å². The molecule has 17 heavy (non-hydrogen) atoms. The van der Waals surface area contributed by atoms with Crippen LogP contribution in [0.2, 0.25) is 0 Å². The molecule has 0 radical (unpaired) electrons. The molecule has 2 aromatic carbocycles. The molecule has 3 rings (SSSR count). The Balaban J connectivity index is 2.05. The normalized spacial score (nSPS) is 13.1. The van der Waals surface area contributed by atoms with E-state index in [2.05, 4.69) is 28.1 Å². The Morgan fingerprint density at radius 3 is 2.29 bits per heavy atom. The average molecular weight is 345 g/mol. The van der Waals surface area contributed by atoms with Gasteiger partial charge in [-0.1, -0.05) is 39.5 Å². The van der Waals surface area contributed by atoms with Crippen LogP contribution in [0.15, 0.2) is 65.3 Å². The number of benzene rings is 2. The molecule has 5 heteroatoms. The molecule has 0 nitrogen and oxygen atoms in total. The maximum atomic E-state index is 12.5. The van der Waals surface area contributed by atoms with Crippen LogP contribution in [0.5, 0.6) is 0 Å². The van der Waals surface area contributed by atoms with Crippen LogP contribution >= 0.6 is 51.6 Å². The fourth-order valence-electron chi connectivity index (χ4n) is 1.58. The van der Waals surface area contributed by atoms with Crippen LogP contribution in [-0.2, 0) is 0 Å². The molecule has 0 atom stereocenters. The van der Waals surface area contributed by atoms with Crippen molar-refractivity contribution in [3.63, 3.8) is 0 Å². The smallest absolute Gasteiger partial charge is 0.0812 e. The SMILES string of the molecule is FSc1ccc2c(c1)Sc1cc(Br)ccc1S2. The van der Waals surface area contributed by atoms with Gasteiger partial charge in [-0.25, -0.2) is 0 Å². The fourth-order valence-corrected chi connectivity index (χ4v) is 4.73. The van der Waals surface area contributed by atoms with Gasteiger partial charge < -0.3 is 0 Å². The van der Waals surface area contributed by atoms with E-state index in [1.54, 1.807) is 23.5 Å². The van der Waals surface area contributed by atoms with E-state index in [1.165, 1.54) is 14.7 Å². The van der Waals surface area contributed by atoms with Crippen LogP contribution in [0.1, 0.15) is 0 Å². The van der Waals surface area contributed by atoms with E-state index in [1.807, 2.05) is 24.3 Å². The molecule has 0 saturated heterocycles. The summed E-state index contributed by atoms with van der Waals surface area (Å²) in [5.74, 6) is 0. The second-order valence-electron chi connectivity index (χ2n) is 3.48. The van der Waals surface area contributed by atoms with E-state index >= 15 is 0 Å².